The molecule has 1 heterocycles. The van der Waals surface area contributed by atoms with E-state index >= 15 is 0 Å². The third-order valence-corrected chi connectivity index (χ3v) is 5.36. The first kappa shape index (κ1) is 19.7. The van der Waals surface area contributed by atoms with Crippen molar-refractivity contribution in [2.75, 3.05) is 32.1 Å². The van der Waals surface area contributed by atoms with Crippen LogP contribution < -0.4 is 5.32 Å². The van der Waals surface area contributed by atoms with E-state index in [2.05, 4.69) is 37.2 Å². The van der Waals surface area contributed by atoms with E-state index in [0.29, 0.717) is 8.95 Å². The van der Waals surface area contributed by atoms with Gasteiger partial charge < -0.3 is 20.1 Å². The van der Waals surface area contributed by atoms with E-state index in [-0.39, 0.29) is 47.2 Å². The van der Waals surface area contributed by atoms with Crippen LogP contribution in [0.5, 0.6) is 0 Å². The molecule has 0 bridgehead atoms. The first-order valence-electron chi connectivity index (χ1n) is 6.91. The number of carbonyl (C=O) groups is 2. The number of halogens is 3. The third kappa shape index (κ3) is 3.82. The molecule has 0 unspecified atom stereocenters. The lowest BCUT2D eigenvalue weighted by Crippen LogP contribution is -2.31. The second-order valence-electron chi connectivity index (χ2n) is 4.94. The number of nitrogens with one attached hydrogen (secondary N) is 1. The van der Waals surface area contributed by atoms with Gasteiger partial charge in [-0.3, -0.25) is 4.79 Å². The number of hydrogen-bond acceptors (Lipinski definition) is 6. The molecule has 0 radical (unpaired) electrons. The van der Waals surface area contributed by atoms with Gasteiger partial charge in [0.05, 0.1) is 42.1 Å². The summed E-state index contributed by atoms with van der Waals surface area (Å²) < 4.78 is 5.70. The van der Waals surface area contributed by atoms with Gasteiger partial charge in [0.2, 0.25) is 0 Å². The number of aliphatic hydroxyl groups is 1. The Hall–Kier alpha value is -1.60. The minimum absolute atomic E-state index is 0.00182. The maximum atomic E-state index is 12.5. The van der Waals surface area contributed by atoms with Crippen LogP contribution in [0, 0.1) is 11.3 Å². The quantitative estimate of drug-likeness (QED) is 0.483. The van der Waals surface area contributed by atoms with Gasteiger partial charge in [-0.15, -0.1) is 0 Å². The Morgan fingerprint density at radius 3 is 2.76 bits per heavy atom. The zero-order chi connectivity index (χ0) is 18.7. The highest BCUT2D eigenvalue weighted by Crippen LogP contribution is 2.39. The van der Waals surface area contributed by atoms with Crippen molar-refractivity contribution in [1.29, 1.82) is 5.26 Å². The molecule has 132 valence electrons. The molecule has 0 fully saturated rings. The number of nitrogens with zero attached hydrogens (tertiary/aromatic N) is 2. The number of hydrogen-bond donors (Lipinski definition) is 2. The monoisotopic (exact) mass is 491 g/mol. The van der Waals surface area contributed by atoms with Gasteiger partial charge in [-0.1, -0.05) is 11.6 Å². The molecule has 10 heteroatoms. The number of methoxy groups -OCH3 is 1. The lowest BCUT2D eigenvalue weighted by molar-refractivity contribution is -0.136. The number of rotatable bonds is 5. The predicted octanol–water partition coefficient (Wildman–Crippen LogP) is 2.41. The van der Waals surface area contributed by atoms with Gasteiger partial charge in [0, 0.05) is 15.5 Å². The summed E-state index contributed by atoms with van der Waals surface area (Å²) in [6, 6.07) is 3.59. The molecule has 0 saturated heterocycles. The molecule has 0 saturated carbocycles. The highest BCUT2D eigenvalue weighted by atomic mass is 79.9. The van der Waals surface area contributed by atoms with Gasteiger partial charge >= 0.3 is 5.97 Å². The van der Waals surface area contributed by atoms with E-state index < -0.39 is 11.9 Å². The Morgan fingerprint density at radius 2 is 2.20 bits per heavy atom. The molecule has 0 spiro atoms. The molecule has 1 aromatic carbocycles. The Morgan fingerprint density at radius 1 is 1.52 bits per heavy atom. The largest absolute Gasteiger partial charge is 0.466 e. The summed E-state index contributed by atoms with van der Waals surface area (Å²) in [5.74, 6) is -1.15. The summed E-state index contributed by atoms with van der Waals surface area (Å²) in [5, 5.41) is 21.5. The fraction of sp³-hybridized carbons (Fsp3) is 0.267. The SMILES string of the molecule is COC(=O)C1=C(Nc2c(Br)cc(Br)c(Cl)c2C#N)C(=O)N(CCO)C1. The van der Waals surface area contributed by atoms with Crippen LogP contribution in [0.25, 0.3) is 0 Å². The summed E-state index contributed by atoms with van der Waals surface area (Å²) >= 11 is 12.7. The zero-order valence-corrected chi connectivity index (χ0v) is 16.8. The van der Waals surface area contributed by atoms with Crippen LogP contribution in [-0.2, 0) is 14.3 Å². The molecule has 1 aromatic rings. The highest BCUT2D eigenvalue weighted by molar-refractivity contribution is 9.11. The highest BCUT2D eigenvalue weighted by Gasteiger charge is 2.35. The maximum absolute atomic E-state index is 12.5. The lowest BCUT2D eigenvalue weighted by atomic mass is 10.1. The van der Waals surface area contributed by atoms with E-state index in [1.54, 1.807) is 6.07 Å². The summed E-state index contributed by atoms with van der Waals surface area (Å²) in [7, 11) is 1.21. The summed E-state index contributed by atoms with van der Waals surface area (Å²) in [6.45, 7) is -0.180. The van der Waals surface area contributed by atoms with Crippen LogP contribution in [0.2, 0.25) is 5.02 Å². The van der Waals surface area contributed by atoms with Gasteiger partial charge in [-0.25, -0.2) is 4.79 Å². The Balaban J connectivity index is 2.53. The van der Waals surface area contributed by atoms with E-state index in [4.69, 9.17) is 21.4 Å². The maximum Gasteiger partial charge on any atom is 0.337 e. The summed E-state index contributed by atoms with van der Waals surface area (Å²) in [4.78, 5) is 25.8. The molecule has 0 aromatic heterocycles. The number of ether oxygens (including phenoxy) is 1. The second-order valence-corrected chi connectivity index (χ2v) is 7.02. The first-order valence-corrected chi connectivity index (χ1v) is 8.88. The molecule has 1 amide bonds. The number of esters is 1. The van der Waals surface area contributed by atoms with E-state index in [1.807, 2.05) is 6.07 Å². The van der Waals surface area contributed by atoms with Gasteiger partial charge in [0.1, 0.15) is 11.8 Å². The Bertz CT molecular complexity index is 820. The van der Waals surface area contributed by atoms with Crippen LogP contribution in [0.3, 0.4) is 0 Å². The first-order chi connectivity index (χ1) is 11.8. The molecule has 1 aliphatic heterocycles. The van der Waals surface area contributed by atoms with Gasteiger partial charge in [-0.2, -0.15) is 5.26 Å². The van der Waals surface area contributed by atoms with Gasteiger partial charge in [0.25, 0.3) is 5.91 Å². The summed E-state index contributed by atoms with van der Waals surface area (Å²) in [6.07, 6.45) is 0. The molecule has 2 rings (SSSR count). The molecule has 0 aliphatic carbocycles. The predicted molar refractivity (Wildman–Crippen MR) is 97.9 cm³/mol. The molecular formula is C15H12Br2ClN3O4. The smallest absolute Gasteiger partial charge is 0.337 e. The van der Waals surface area contributed by atoms with Crippen molar-refractivity contribution in [3.8, 4) is 6.07 Å². The van der Waals surface area contributed by atoms with Crippen molar-refractivity contribution in [2.45, 2.75) is 0 Å². The minimum atomic E-state index is -0.672. The molecule has 25 heavy (non-hydrogen) atoms. The fourth-order valence-electron chi connectivity index (χ4n) is 2.30. The fourth-order valence-corrected chi connectivity index (χ4v) is 3.75. The van der Waals surface area contributed by atoms with E-state index in [9.17, 15) is 14.9 Å². The van der Waals surface area contributed by atoms with Crippen LogP contribution in [-0.4, -0.2) is 48.7 Å². The van der Waals surface area contributed by atoms with Crippen LogP contribution in [0.15, 0.2) is 26.3 Å². The number of nitriles is 1. The lowest BCUT2D eigenvalue weighted by Gasteiger charge is -2.16. The molecule has 0 atom stereocenters. The average molecular weight is 494 g/mol. The summed E-state index contributed by atoms with van der Waals surface area (Å²) in [5.41, 5.74) is 0.450. The van der Waals surface area contributed by atoms with Crippen molar-refractivity contribution in [1.82, 2.24) is 4.90 Å². The van der Waals surface area contributed by atoms with Crippen molar-refractivity contribution in [3.05, 3.63) is 36.9 Å². The van der Waals surface area contributed by atoms with Crippen LogP contribution in [0.4, 0.5) is 5.69 Å². The number of β-amino-alcohol motifs (C(OH)–C–C–N with tert-alkyl or cyclic N) is 1. The molecular weight excluding hydrogens is 481 g/mol. The number of carbonyl (C=O) groups excluding carboxylic acids is 2. The minimum Gasteiger partial charge on any atom is -0.466 e. The average Bonchev–Trinajstić information content (AvgIpc) is 2.89. The Kier molecular flexibility index (Phi) is 6.46. The van der Waals surface area contributed by atoms with E-state index in [1.165, 1.54) is 12.0 Å². The van der Waals surface area contributed by atoms with E-state index in [0.717, 1.165) is 0 Å². The topological polar surface area (TPSA) is 103 Å². The second kappa shape index (κ2) is 8.19. The molecule has 2 N–H and O–H groups in total. The van der Waals surface area contributed by atoms with Crippen molar-refractivity contribution in [3.63, 3.8) is 0 Å². The number of aliphatic hydroxyl groups excluding tert-OH is 1. The standard InChI is InChI=1S/C15H12Br2ClN3O4/c1-25-15(24)8-6-21(2-3-22)14(23)13(8)20-12-7(5-19)11(18)9(16)4-10(12)17/h4,20,22H,2-3,6H2,1H3. The normalized spacial score (nSPS) is 13.9. The number of amides is 1. The van der Waals surface area contributed by atoms with Crippen molar-refractivity contribution >= 4 is 61.0 Å². The third-order valence-electron chi connectivity index (χ3n) is 3.49. The number of anilines is 1. The molecule has 1 aliphatic rings. The van der Waals surface area contributed by atoms with Gasteiger partial charge in [0.15, 0.2) is 0 Å². The molecule has 7 nitrogen and oxygen atoms in total. The van der Waals surface area contributed by atoms with Crippen molar-refractivity contribution < 1.29 is 19.4 Å². The van der Waals surface area contributed by atoms with Crippen molar-refractivity contribution in [2.24, 2.45) is 0 Å². The zero-order valence-electron chi connectivity index (χ0n) is 12.9. The van der Waals surface area contributed by atoms with Crippen LogP contribution >= 0.6 is 43.5 Å². The van der Waals surface area contributed by atoms with Crippen LogP contribution in [0.1, 0.15) is 5.56 Å². The number of benzene rings is 1. The van der Waals surface area contributed by atoms with Gasteiger partial charge in [-0.05, 0) is 37.9 Å². The Labute approximate surface area is 165 Å².